The number of nitrogen functional groups attached to an aromatic ring is 1. The van der Waals surface area contributed by atoms with Crippen molar-refractivity contribution in [3.8, 4) is 0 Å². The van der Waals surface area contributed by atoms with Crippen LogP contribution in [0.15, 0.2) is 12.3 Å². The second-order valence-electron chi connectivity index (χ2n) is 4.34. The number of ether oxygens (including phenoxy) is 1. The van der Waals surface area contributed by atoms with E-state index in [2.05, 4.69) is 4.98 Å². The third kappa shape index (κ3) is 4.40. The highest BCUT2D eigenvalue weighted by Crippen LogP contribution is 2.20. The first-order chi connectivity index (χ1) is 9.10. The molecular weight excluding hydrogens is 246 g/mol. The van der Waals surface area contributed by atoms with Gasteiger partial charge in [-0.2, -0.15) is 0 Å². The second-order valence-corrected chi connectivity index (χ2v) is 4.34. The molecule has 0 aliphatic heterocycles. The number of pyridine rings is 1. The van der Waals surface area contributed by atoms with Crippen molar-refractivity contribution in [1.29, 1.82) is 0 Å². The van der Waals surface area contributed by atoms with E-state index in [1.807, 2.05) is 11.9 Å². The normalized spacial score (nSPS) is 10.3. The van der Waals surface area contributed by atoms with Gasteiger partial charge < -0.3 is 20.5 Å². The average molecular weight is 267 g/mol. The van der Waals surface area contributed by atoms with Crippen molar-refractivity contribution in [2.24, 2.45) is 0 Å². The lowest BCUT2D eigenvalue weighted by Gasteiger charge is -2.20. The van der Waals surface area contributed by atoms with E-state index in [9.17, 15) is 4.79 Å². The highest BCUT2D eigenvalue weighted by molar-refractivity contribution is 5.95. The number of hydrogen-bond donors (Lipinski definition) is 2. The van der Waals surface area contributed by atoms with Gasteiger partial charge in [0.05, 0.1) is 19.0 Å². The largest absolute Gasteiger partial charge is 0.465 e. The lowest BCUT2D eigenvalue weighted by Crippen LogP contribution is -2.23. The van der Waals surface area contributed by atoms with E-state index in [1.165, 1.54) is 13.3 Å². The Balaban J connectivity index is 2.77. The smallest absolute Gasteiger partial charge is 0.341 e. The van der Waals surface area contributed by atoms with Crippen molar-refractivity contribution >= 4 is 17.5 Å². The van der Waals surface area contributed by atoms with E-state index in [0.29, 0.717) is 17.1 Å². The molecule has 0 aliphatic rings. The Morgan fingerprint density at radius 1 is 1.47 bits per heavy atom. The van der Waals surface area contributed by atoms with Crippen LogP contribution in [0.3, 0.4) is 0 Å². The average Bonchev–Trinajstić information content (AvgIpc) is 2.42. The molecular formula is C13H21N3O3. The molecule has 0 unspecified atom stereocenters. The summed E-state index contributed by atoms with van der Waals surface area (Å²) < 4.78 is 4.73. The minimum Gasteiger partial charge on any atom is -0.465 e. The van der Waals surface area contributed by atoms with E-state index in [-0.39, 0.29) is 6.61 Å². The standard InChI is InChI=1S/C13H21N3O3/c1-16(6-4-3-5-7-17)12-11(13(18)19-2)8-10(14)9-15-12/h8-9,17H,3-7,14H2,1-2H3. The molecule has 0 saturated heterocycles. The highest BCUT2D eigenvalue weighted by Gasteiger charge is 2.16. The van der Waals surface area contributed by atoms with Gasteiger partial charge in [0.25, 0.3) is 0 Å². The van der Waals surface area contributed by atoms with Crippen molar-refractivity contribution in [3.05, 3.63) is 17.8 Å². The predicted molar refractivity (Wildman–Crippen MR) is 74.2 cm³/mol. The van der Waals surface area contributed by atoms with Crippen molar-refractivity contribution < 1.29 is 14.6 Å². The monoisotopic (exact) mass is 267 g/mol. The zero-order valence-electron chi connectivity index (χ0n) is 11.4. The molecule has 1 rings (SSSR count). The van der Waals surface area contributed by atoms with Crippen LogP contribution in [-0.4, -0.2) is 43.4 Å². The number of carbonyl (C=O) groups excluding carboxylic acids is 1. The number of esters is 1. The lowest BCUT2D eigenvalue weighted by atomic mass is 10.2. The van der Waals surface area contributed by atoms with Crippen molar-refractivity contribution in [3.63, 3.8) is 0 Å². The van der Waals surface area contributed by atoms with E-state index in [1.54, 1.807) is 6.07 Å². The van der Waals surface area contributed by atoms with Gasteiger partial charge in [0, 0.05) is 20.2 Å². The summed E-state index contributed by atoms with van der Waals surface area (Å²) in [6, 6.07) is 1.57. The van der Waals surface area contributed by atoms with Gasteiger partial charge in [-0.25, -0.2) is 9.78 Å². The predicted octanol–water partition coefficient (Wildman–Crippen LogP) is 1.05. The third-order valence-electron chi connectivity index (χ3n) is 2.81. The molecule has 0 atom stereocenters. The summed E-state index contributed by atoms with van der Waals surface area (Å²) in [6.07, 6.45) is 4.16. The van der Waals surface area contributed by atoms with Gasteiger partial charge in [-0.05, 0) is 25.3 Å². The zero-order valence-corrected chi connectivity index (χ0v) is 11.4. The van der Waals surface area contributed by atoms with E-state index in [0.717, 1.165) is 25.8 Å². The SMILES string of the molecule is COC(=O)c1cc(N)cnc1N(C)CCCCCO. The molecule has 1 heterocycles. The van der Waals surface area contributed by atoms with Crippen molar-refractivity contribution in [2.45, 2.75) is 19.3 Å². The first-order valence-electron chi connectivity index (χ1n) is 6.26. The van der Waals surface area contributed by atoms with Gasteiger partial charge in [0.2, 0.25) is 0 Å². The van der Waals surface area contributed by atoms with Crippen LogP contribution in [0.1, 0.15) is 29.6 Å². The molecule has 1 aromatic heterocycles. The topological polar surface area (TPSA) is 88.7 Å². The fraction of sp³-hybridized carbons (Fsp3) is 0.538. The number of unbranched alkanes of at least 4 members (excludes halogenated alkanes) is 2. The van der Waals surface area contributed by atoms with Crippen LogP contribution >= 0.6 is 0 Å². The number of aliphatic hydroxyl groups excluding tert-OH is 1. The Hall–Kier alpha value is -1.82. The van der Waals surface area contributed by atoms with Crippen LogP contribution in [-0.2, 0) is 4.74 Å². The number of nitrogens with zero attached hydrogens (tertiary/aromatic N) is 2. The number of anilines is 2. The summed E-state index contributed by atoms with van der Waals surface area (Å²) in [4.78, 5) is 17.8. The molecule has 0 spiro atoms. The molecule has 0 bridgehead atoms. The number of methoxy groups -OCH3 is 1. The van der Waals surface area contributed by atoms with Crippen LogP contribution in [0.2, 0.25) is 0 Å². The van der Waals surface area contributed by atoms with Crippen LogP contribution < -0.4 is 10.6 Å². The molecule has 0 fully saturated rings. The van der Waals surface area contributed by atoms with E-state index >= 15 is 0 Å². The minimum absolute atomic E-state index is 0.206. The van der Waals surface area contributed by atoms with Gasteiger partial charge in [0.1, 0.15) is 11.4 Å². The minimum atomic E-state index is -0.447. The number of aromatic nitrogens is 1. The van der Waals surface area contributed by atoms with Gasteiger partial charge >= 0.3 is 5.97 Å². The molecule has 6 heteroatoms. The Morgan fingerprint density at radius 3 is 2.84 bits per heavy atom. The summed E-state index contributed by atoms with van der Waals surface area (Å²) >= 11 is 0. The van der Waals surface area contributed by atoms with E-state index < -0.39 is 5.97 Å². The Kier molecular flexibility index (Phi) is 6.08. The molecule has 1 aromatic rings. The number of hydrogen-bond acceptors (Lipinski definition) is 6. The molecule has 0 amide bonds. The summed E-state index contributed by atoms with van der Waals surface area (Å²) in [5.41, 5.74) is 6.44. The molecule has 0 radical (unpaired) electrons. The maximum Gasteiger partial charge on any atom is 0.341 e. The molecule has 0 aliphatic carbocycles. The molecule has 0 saturated carbocycles. The Bertz CT molecular complexity index is 424. The van der Waals surface area contributed by atoms with Gasteiger partial charge in [-0.3, -0.25) is 0 Å². The molecule has 3 N–H and O–H groups in total. The van der Waals surface area contributed by atoms with E-state index in [4.69, 9.17) is 15.6 Å². The van der Waals surface area contributed by atoms with Crippen LogP contribution in [0, 0.1) is 0 Å². The Labute approximate surface area is 113 Å². The summed E-state index contributed by atoms with van der Waals surface area (Å²) in [5, 5.41) is 8.73. The lowest BCUT2D eigenvalue weighted by molar-refractivity contribution is 0.0601. The Morgan fingerprint density at radius 2 is 2.21 bits per heavy atom. The molecule has 6 nitrogen and oxygen atoms in total. The van der Waals surface area contributed by atoms with Crippen LogP contribution in [0.4, 0.5) is 11.5 Å². The number of rotatable bonds is 7. The maximum atomic E-state index is 11.7. The number of nitrogens with two attached hydrogens (primary N) is 1. The van der Waals surface area contributed by atoms with Gasteiger partial charge in [-0.15, -0.1) is 0 Å². The number of aliphatic hydroxyl groups is 1. The van der Waals surface area contributed by atoms with Gasteiger partial charge in [0.15, 0.2) is 0 Å². The first kappa shape index (κ1) is 15.2. The second kappa shape index (κ2) is 7.58. The molecule has 0 aromatic carbocycles. The fourth-order valence-electron chi connectivity index (χ4n) is 1.78. The summed E-state index contributed by atoms with van der Waals surface area (Å²) in [7, 11) is 3.19. The molecule has 106 valence electrons. The number of carbonyl (C=O) groups is 1. The maximum absolute atomic E-state index is 11.7. The fourth-order valence-corrected chi connectivity index (χ4v) is 1.78. The quantitative estimate of drug-likeness (QED) is 0.567. The summed E-state index contributed by atoms with van der Waals surface area (Å²) in [5.74, 6) is 0.113. The van der Waals surface area contributed by atoms with Gasteiger partial charge in [-0.1, -0.05) is 0 Å². The third-order valence-corrected chi connectivity index (χ3v) is 2.81. The van der Waals surface area contributed by atoms with Crippen LogP contribution in [0.5, 0.6) is 0 Å². The van der Waals surface area contributed by atoms with Crippen molar-refractivity contribution in [1.82, 2.24) is 4.98 Å². The first-order valence-corrected chi connectivity index (χ1v) is 6.26. The summed E-state index contributed by atoms with van der Waals surface area (Å²) in [6.45, 7) is 0.957. The van der Waals surface area contributed by atoms with Crippen molar-refractivity contribution in [2.75, 3.05) is 37.9 Å². The highest BCUT2D eigenvalue weighted by atomic mass is 16.5. The van der Waals surface area contributed by atoms with Crippen LogP contribution in [0.25, 0.3) is 0 Å². The molecule has 19 heavy (non-hydrogen) atoms. The zero-order chi connectivity index (χ0) is 14.3.